The lowest BCUT2D eigenvalue weighted by molar-refractivity contribution is -0.151. The molecule has 6 heteroatoms. The van der Waals surface area contributed by atoms with Crippen molar-refractivity contribution in [2.24, 2.45) is 0 Å². The van der Waals surface area contributed by atoms with Gasteiger partial charge in [-0.05, 0) is 27.7 Å². The Balaban J connectivity index is 2.64. The minimum absolute atomic E-state index is 0.0375. The quantitative estimate of drug-likeness (QED) is 0.648. The Morgan fingerprint density at radius 3 is 2.41 bits per heavy atom. The third-order valence-corrected chi connectivity index (χ3v) is 2.38. The number of hydrogen-bond acceptors (Lipinski definition) is 5. The Hall–Kier alpha value is -1.30. The van der Waals surface area contributed by atoms with Crippen molar-refractivity contribution in [1.29, 1.82) is 0 Å². The maximum absolute atomic E-state index is 11.8. The second kappa shape index (κ2) is 4.91. The van der Waals surface area contributed by atoms with Crippen molar-refractivity contribution >= 4 is 12.1 Å². The molecule has 0 spiro atoms. The highest BCUT2D eigenvalue weighted by atomic mass is 16.6. The molecule has 1 amide bonds. The summed E-state index contributed by atoms with van der Waals surface area (Å²) in [5.41, 5.74) is -0.569. The molecule has 0 bridgehead atoms. The predicted octanol–water partition coefficient (Wildman–Crippen LogP) is 1.14. The summed E-state index contributed by atoms with van der Waals surface area (Å²) in [6.07, 6.45) is -1.23. The van der Waals surface area contributed by atoms with E-state index >= 15 is 0 Å². The van der Waals surface area contributed by atoms with Crippen LogP contribution >= 0.6 is 0 Å². The Morgan fingerprint density at radius 1 is 1.35 bits per heavy atom. The van der Waals surface area contributed by atoms with E-state index in [1.54, 1.807) is 27.7 Å². The largest absolute Gasteiger partial charge is 0.467 e. The first-order chi connectivity index (χ1) is 7.76. The number of hydrogen-bond donors (Lipinski definition) is 0. The number of amides is 1. The number of carbonyl (C=O) groups excluding carboxylic acids is 2. The van der Waals surface area contributed by atoms with Crippen molar-refractivity contribution in [1.82, 2.24) is 4.90 Å². The first-order valence-electron chi connectivity index (χ1n) is 5.45. The third kappa shape index (κ3) is 3.33. The number of carbonyl (C=O) groups is 2. The number of nitrogens with zero attached hydrogens (tertiary/aromatic N) is 1. The molecule has 0 aromatic rings. The summed E-state index contributed by atoms with van der Waals surface area (Å²) >= 11 is 0. The molecule has 0 aliphatic carbocycles. The van der Waals surface area contributed by atoms with Gasteiger partial charge in [-0.15, -0.1) is 0 Å². The van der Waals surface area contributed by atoms with Crippen LogP contribution in [0.1, 0.15) is 27.7 Å². The van der Waals surface area contributed by atoms with E-state index in [9.17, 15) is 9.59 Å². The van der Waals surface area contributed by atoms with Crippen molar-refractivity contribution in [2.75, 3.05) is 13.8 Å². The van der Waals surface area contributed by atoms with E-state index in [-0.39, 0.29) is 6.73 Å². The van der Waals surface area contributed by atoms with E-state index in [2.05, 4.69) is 4.74 Å². The Labute approximate surface area is 101 Å². The second-order valence-corrected chi connectivity index (χ2v) is 4.93. The van der Waals surface area contributed by atoms with E-state index < -0.39 is 29.8 Å². The normalized spacial score (nSPS) is 24.6. The van der Waals surface area contributed by atoms with Crippen LogP contribution in [-0.2, 0) is 19.0 Å². The molecule has 6 nitrogen and oxygen atoms in total. The van der Waals surface area contributed by atoms with E-state index in [0.29, 0.717) is 0 Å². The van der Waals surface area contributed by atoms with Crippen LogP contribution in [0.3, 0.4) is 0 Å². The van der Waals surface area contributed by atoms with Crippen molar-refractivity contribution in [3.63, 3.8) is 0 Å². The van der Waals surface area contributed by atoms with Gasteiger partial charge in [-0.2, -0.15) is 0 Å². The Kier molecular flexibility index (Phi) is 3.98. The molecule has 17 heavy (non-hydrogen) atoms. The van der Waals surface area contributed by atoms with Crippen LogP contribution in [-0.4, -0.2) is 48.5 Å². The van der Waals surface area contributed by atoms with Crippen molar-refractivity contribution in [3.8, 4) is 0 Å². The highest BCUT2D eigenvalue weighted by Crippen LogP contribution is 2.21. The first kappa shape index (κ1) is 13.8. The van der Waals surface area contributed by atoms with Gasteiger partial charge in [0.1, 0.15) is 12.3 Å². The second-order valence-electron chi connectivity index (χ2n) is 4.93. The monoisotopic (exact) mass is 245 g/mol. The van der Waals surface area contributed by atoms with Gasteiger partial charge >= 0.3 is 12.1 Å². The summed E-state index contributed by atoms with van der Waals surface area (Å²) in [6.45, 7) is 7.10. The molecule has 0 N–H and O–H groups in total. The molecule has 1 saturated heterocycles. The fraction of sp³-hybridized carbons (Fsp3) is 0.818. The molecule has 1 aliphatic rings. The van der Waals surface area contributed by atoms with Gasteiger partial charge in [-0.25, -0.2) is 9.59 Å². The number of methoxy groups -OCH3 is 1. The lowest BCUT2D eigenvalue weighted by atomic mass is 10.2. The molecule has 0 radical (unpaired) electrons. The molecule has 1 heterocycles. The third-order valence-electron chi connectivity index (χ3n) is 2.38. The van der Waals surface area contributed by atoms with Gasteiger partial charge < -0.3 is 14.2 Å². The summed E-state index contributed by atoms with van der Waals surface area (Å²) in [4.78, 5) is 24.5. The number of esters is 1. The minimum Gasteiger partial charge on any atom is -0.467 e. The highest BCUT2D eigenvalue weighted by Gasteiger charge is 2.41. The molecule has 1 rings (SSSR count). The van der Waals surface area contributed by atoms with Gasteiger partial charge in [-0.3, -0.25) is 4.90 Å². The van der Waals surface area contributed by atoms with Crippen molar-refractivity contribution in [2.45, 2.75) is 45.4 Å². The van der Waals surface area contributed by atoms with Crippen LogP contribution in [0.5, 0.6) is 0 Å². The molecule has 98 valence electrons. The van der Waals surface area contributed by atoms with Gasteiger partial charge in [0.15, 0.2) is 6.10 Å². The van der Waals surface area contributed by atoms with E-state index in [1.807, 2.05) is 0 Å². The van der Waals surface area contributed by atoms with Gasteiger partial charge in [0, 0.05) is 0 Å². The van der Waals surface area contributed by atoms with Crippen LogP contribution in [0.15, 0.2) is 0 Å². The standard InChI is InChI=1S/C11H19NO5/c1-7-8(9(13)15-5)16-6-12(7)10(14)17-11(2,3)4/h7-8H,6H2,1-5H3/t7-,8+/m0/s1. The summed E-state index contributed by atoms with van der Waals surface area (Å²) in [6, 6.07) is -0.391. The maximum atomic E-state index is 11.8. The SMILES string of the molecule is COC(=O)[C@@H]1OCN(C(=O)OC(C)(C)C)[C@H]1C. The lowest BCUT2D eigenvalue weighted by Gasteiger charge is -2.26. The Morgan fingerprint density at radius 2 is 1.94 bits per heavy atom. The maximum Gasteiger partial charge on any atom is 0.412 e. The average molecular weight is 245 g/mol. The molecular formula is C11H19NO5. The van der Waals surface area contributed by atoms with Crippen molar-refractivity contribution < 1.29 is 23.8 Å². The van der Waals surface area contributed by atoms with Crippen LogP contribution in [0.4, 0.5) is 4.79 Å². The number of ether oxygens (including phenoxy) is 3. The minimum atomic E-state index is -0.743. The molecule has 0 aromatic heterocycles. The zero-order valence-electron chi connectivity index (χ0n) is 10.9. The first-order valence-corrected chi connectivity index (χ1v) is 5.45. The fourth-order valence-corrected chi connectivity index (χ4v) is 1.50. The fourth-order valence-electron chi connectivity index (χ4n) is 1.50. The molecule has 1 aliphatic heterocycles. The lowest BCUT2D eigenvalue weighted by Crippen LogP contribution is -2.43. The van der Waals surface area contributed by atoms with E-state index in [0.717, 1.165) is 0 Å². The van der Waals surface area contributed by atoms with Crippen LogP contribution in [0.25, 0.3) is 0 Å². The Bertz CT molecular complexity index is 309. The zero-order chi connectivity index (χ0) is 13.2. The van der Waals surface area contributed by atoms with Gasteiger partial charge in [0.05, 0.1) is 13.2 Å². The van der Waals surface area contributed by atoms with Gasteiger partial charge in [-0.1, -0.05) is 0 Å². The van der Waals surface area contributed by atoms with E-state index in [1.165, 1.54) is 12.0 Å². The zero-order valence-corrected chi connectivity index (χ0v) is 10.9. The molecule has 2 atom stereocenters. The summed E-state index contributed by atoms with van der Waals surface area (Å²) in [5, 5.41) is 0. The number of rotatable bonds is 1. The average Bonchev–Trinajstić information content (AvgIpc) is 2.56. The summed E-state index contributed by atoms with van der Waals surface area (Å²) in [7, 11) is 1.29. The predicted molar refractivity (Wildman–Crippen MR) is 59.3 cm³/mol. The van der Waals surface area contributed by atoms with Gasteiger partial charge in [0.25, 0.3) is 0 Å². The molecule has 1 fully saturated rings. The van der Waals surface area contributed by atoms with Crippen LogP contribution < -0.4 is 0 Å². The van der Waals surface area contributed by atoms with E-state index in [4.69, 9.17) is 9.47 Å². The summed E-state index contributed by atoms with van der Waals surface area (Å²) in [5.74, 6) is -0.483. The molecule has 0 unspecified atom stereocenters. The van der Waals surface area contributed by atoms with Crippen LogP contribution in [0, 0.1) is 0 Å². The van der Waals surface area contributed by atoms with Crippen LogP contribution in [0.2, 0.25) is 0 Å². The molecule has 0 saturated carbocycles. The molecular weight excluding hydrogens is 226 g/mol. The highest BCUT2D eigenvalue weighted by molar-refractivity contribution is 5.78. The summed E-state index contributed by atoms with van der Waals surface area (Å²) < 4.78 is 15.0. The molecule has 0 aromatic carbocycles. The van der Waals surface area contributed by atoms with Gasteiger partial charge in [0.2, 0.25) is 0 Å². The smallest absolute Gasteiger partial charge is 0.412 e. The topological polar surface area (TPSA) is 65.1 Å². The van der Waals surface area contributed by atoms with Crippen molar-refractivity contribution in [3.05, 3.63) is 0 Å².